The van der Waals surface area contributed by atoms with Crippen molar-refractivity contribution in [3.8, 4) is 0 Å². The first-order chi connectivity index (χ1) is 28.5. The van der Waals surface area contributed by atoms with Crippen LogP contribution in [0.25, 0.3) is 0 Å². The number of primary amides is 1. The zero-order valence-corrected chi connectivity index (χ0v) is 35.1. The van der Waals surface area contributed by atoms with Crippen molar-refractivity contribution >= 4 is 65.2 Å². The van der Waals surface area contributed by atoms with E-state index in [-0.39, 0.29) is 63.5 Å². The Kier molecular flexibility index (Phi) is 26.2. The third kappa shape index (κ3) is 24.5. The number of nitrogens with two attached hydrogens (primary N) is 5. The van der Waals surface area contributed by atoms with E-state index in [1.54, 1.807) is 13.8 Å². The van der Waals surface area contributed by atoms with Crippen LogP contribution >= 0.6 is 0 Å². The van der Waals surface area contributed by atoms with Crippen LogP contribution < -0.4 is 65.9 Å². The van der Waals surface area contributed by atoms with Gasteiger partial charge in [0.1, 0.15) is 36.3 Å². The molecule has 0 heterocycles. The standard InChI is InChI=1S/C36H65N13O12/c1-18(2)16-25(49-29(54)19(3)38)34(59)46-22(10-12-26(39)50)31(56)43-17-27(51)44-20(4)30(55)45-21(8-5-6-14-37)32(57)47-23(11-13-28(52)53)33(58)48-24(35(60)61)9-7-15-42-36(40)41/h18-25H,5-17,37-38H2,1-4H3,(H2,39,50)(H,43,56)(H,44,51)(H,45,55)(H,46,59)(H,47,57)(H,48,58)(H,49,54)(H,52,53)(H,60,61)(H4,40,41,42). The first-order valence-corrected chi connectivity index (χ1v) is 19.8. The van der Waals surface area contributed by atoms with Crippen molar-refractivity contribution in [2.75, 3.05) is 19.6 Å². The predicted octanol–water partition coefficient (Wildman–Crippen LogP) is -5.18. The summed E-state index contributed by atoms with van der Waals surface area (Å²) >= 11 is 0. The molecule has 0 aromatic rings. The van der Waals surface area contributed by atoms with E-state index in [0.29, 0.717) is 12.8 Å². The van der Waals surface area contributed by atoms with Gasteiger partial charge in [-0.15, -0.1) is 0 Å². The molecule has 0 saturated heterocycles. The van der Waals surface area contributed by atoms with Gasteiger partial charge < -0.3 is 76.1 Å². The van der Waals surface area contributed by atoms with Gasteiger partial charge in [-0.1, -0.05) is 13.8 Å². The monoisotopic (exact) mass is 871 g/mol. The lowest BCUT2D eigenvalue weighted by Gasteiger charge is -2.25. The molecule has 61 heavy (non-hydrogen) atoms. The fourth-order valence-electron chi connectivity index (χ4n) is 5.38. The normalized spacial score (nSPS) is 14.3. The van der Waals surface area contributed by atoms with Gasteiger partial charge in [-0.25, -0.2) is 4.79 Å². The molecule has 0 aliphatic heterocycles. The Hall–Kier alpha value is -6.11. The molecule has 346 valence electrons. The number of carboxylic acid groups (broad SMARTS) is 2. The molecule has 0 aliphatic rings. The summed E-state index contributed by atoms with van der Waals surface area (Å²) in [5.41, 5.74) is 27.0. The lowest BCUT2D eigenvalue weighted by molar-refractivity contribution is -0.143. The van der Waals surface area contributed by atoms with Crippen LogP contribution in [0.1, 0.15) is 91.9 Å². The molecular formula is C36H65N13O12. The van der Waals surface area contributed by atoms with Gasteiger partial charge in [-0.3, -0.25) is 48.1 Å². The Labute approximate surface area is 353 Å². The maximum Gasteiger partial charge on any atom is 0.326 e. The summed E-state index contributed by atoms with van der Waals surface area (Å²) < 4.78 is 0. The van der Waals surface area contributed by atoms with Crippen LogP contribution in [0.3, 0.4) is 0 Å². The fourth-order valence-corrected chi connectivity index (χ4v) is 5.38. The molecule has 0 spiro atoms. The van der Waals surface area contributed by atoms with Gasteiger partial charge in [0, 0.05) is 19.4 Å². The van der Waals surface area contributed by atoms with E-state index >= 15 is 0 Å². The number of nitrogens with zero attached hydrogens (tertiary/aromatic N) is 1. The summed E-state index contributed by atoms with van der Waals surface area (Å²) in [6, 6.07) is -9.00. The van der Waals surface area contributed by atoms with Crippen molar-refractivity contribution in [3.63, 3.8) is 0 Å². The molecule has 0 saturated carbocycles. The molecule has 7 atom stereocenters. The van der Waals surface area contributed by atoms with Crippen LogP contribution in [0.15, 0.2) is 4.99 Å². The Bertz CT molecular complexity index is 1560. The summed E-state index contributed by atoms with van der Waals surface area (Å²) in [7, 11) is 0. The summed E-state index contributed by atoms with van der Waals surface area (Å²) in [4.78, 5) is 130. The van der Waals surface area contributed by atoms with E-state index < -0.39 is 121 Å². The number of unbranched alkanes of at least 4 members (excludes halogenated alkanes) is 1. The summed E-state index contributed by atoms with van der Waals surface area (Å²) in [5, 5.41) is 35.7. The number of hydrogen-bond acceptors (Lipinski definition) is 13. The molecule has 0 aliphatic carbocycles. The second kappa shape index (κ2) is 29.2. The molecule has 0 fully saturated rings. The lowest BCUT2D eigenvalue weighted by atomic mass is 10.0. The highest BCUT2D eigenvalue weighted by Crippen LogP contribution is 2.09. The van der Waals surface area contributed by atoms with Crippen molar-refractivity contribution in [1.82, 2.24) is 37.2 Å². The highest BCUT2D eigenvalue weighted by molar-refractivity contribution is 5.97. The first-order valence-electron chi connectivity index (χ1n) is 19.8. The van der Waals surface area contributed by atoms with Crippen molar-refractivity contribution < 1.29 is 58.2 Å². The van der Waals surface area contributed by atoms with E-state index in [1.807, 2.05) is 0 Å². The minimum absolute atomic E-state index is 0.00727. The smallest absolute Gasteiger partial charge is 0.326 e. The molecule has 25 nitrogen and oxygen atoms in total. The van der Waals surface area contributed by atoms with E-state index in [1.165, 1.54) is 13.8 Å². The zero-order chi connectivity index (χ0) is 46.8. The van der Waals surface area contributed by atoms with Gasteiger partial charge in [0.25, 0.3) is 0 Å². The van der Waals surface area contributed by atoms with Gasteiger partial charge >= 0.3 is 11.9 Å². The Morgan fingerprint density at radius 1 is 0.574 bits per heavy atom. The van der Waals surface area contributed by atoms with Gasteiger partial charge in [-0.05, 0) is 77.7 Å². The first kappa shape index (κ1) is 54.9. The number of carboxylic acids is 2. The van der Waals surface area contributed by atoms with Gasteiger partial charge in [0.15, 0.2) is 5.96 Å². The Morgan fingerprint density at radius 2 is 1.07 bits per heavy atom. The number of aliphatic carboxylic acids is 2. The van der Waals surface area contributed by atoms with Gasteiger partial charge in [0.2, 0.25) is 47.3 Å². The second-order valence-electron chi connectivity index (χ2n) is 14.7. The minimum Gasteiger partial charge on any atom is -0.481 e. The van der Waals surface area contributed by atoms with E-state index in [2.05, 4.69) is 42.2 Å². The molecule has 0 rings (SSSR count). The molecular weight excluding hydrogens is 806 g/mol. The summed E-state index contributed by atoms with van der Waals surface area (Å²) in [6.07, 6.45) is -0.638. The number of aliphatic imine (C=N–C) groups is 1. The highest BCUT2D eigenvalue weighted by Gasteiger charge is 2.32. The number of guanidine groups is 1. The molecule has 7 unspecified atom stereocenters. The maximum absolute atomic E-state index is 13.5. The van der Waals surface area contributed by atoms with Gasteiger partial charge in [-0.2, -0.15) is 0 Å². The van der Waals surface area contributed by atoms with E-state index in [9.17, 15) is 58.2 Å². The van der Waals surface area contributed by atoms with E-state index in [4.69, 9.17) is 28.7 Å². The molecule has 0 aromatic carbocycles. The van der Waals surface area contributed by atoms with Crippen molar-refractivity contribution in [2.24, 2.45) is 39.6 Å². The number of nitrogens with one attached hydrogen (secondary N) is 7. The van der Waals surface area contributed by atoms with Crippen LogP contribution in [0.5, 0.6) is 0 Å². The molecule has 25 heteroatoms. The predicted molar refractivity (Wildman–Crippen MR) is 219 cm³/mol. The van der Waals surface area contributed by atoms with Crippen LogP contribution in [0.4, 0.5) is 0 Å². The second-order valence-corrected chi connectivity index (χ2v) is 14.7. The lowest BCUT2D eigenvalue weighted by Crippen LogP contribution is -2.58. The summed E-state index contributed by atoms with van der Waals surface area (Å²) in [5.74, 6) is -9.69. The van der Waals surface area contributed by atoms with Crippen LogP contribution in [0, 0.1) is 5.92 Å². The highest BCUT2D eigenvalue weighted by atomic mass is 16.4. The van der Waals surface area contributed by atoms with Crippen molar-refractivity contribution in [2.45, 2.75) is 134 Å². The number of carbonyl (C=O) groups excluding carboxylic acids is 8. The van der Waals surface area contributed by atoms with Crippen LogP contribution in [-0.4, -0.2) is 137 Å². The molecule has 0 aromatic heterocycles. The number of hydrogen-bond donors (Lipinski definition) is 14. The largest absolute Gasteiger partial charge is 0.481 e. The number of carbonyl (C=O) groups is 10. The van der Waals surface area contributed by atoms with Crippen LogP contribution in [0.2, 0.25) is 0 Å². The van der Waals surface area contributed by atoms with Crippen molar-refractivity contribution in [3.05, 3.63) is 0 Å². The average molecular weight is 872 g/mol. The Balaban J connectivity index is 5.84. The minimum atomic E-state index is -1.54. The summed E-state index contributed by atoms with van der Waals surface area (Å²) in [6.45, 7) is 5.89. The Morgan fingerprint density at radius 3 is 1.57 bits per heavy atom. The van der Waals surface area contributed by atoms with Crippen LogP contribution in [-0.2, 0) is 47.9 Å². The molecule has 19 N–H and O–H groups in total. The third-order valence-corrected chi connectivity index (χ3v) is 8.68. The molecule has 0 radical (unpaired) electrons. The van der Waals surface area contributed by atoms with Crippen molar-refractivity contribution in [1.29, 1.82) is 0 Å². The topological polar surface area (TPSA) is 438 Å². The van der Waals surface area contributed by atoms with E-state index in [0.717, 1.165) is 0 Å². The molecule has 8 amide bonds. The zero-order valence-electron chi connectivity index (χ0n) is 35.1. The SMILES string of the molecule is CC(C)CC(NC(=O)C(C)N)C(=O)NC(CCC(N)=O)C(=O)NCC(=O)NC(C)C(=O)NC(CCCCN)C(=O)NC(CCC(=O)O)C(=O)NC(CCCN=C(N)N)C(=O)O. The number of rotatable bonds is 31. The maximum atomic E-state index is 13.5. The fraction of sp³-hybridized carbons (Fsp3) is 0.694. The third-order valence-electron chi connectivity index (χ3n) is 8.68. The average Bonchev–Trinajstić information content (AvgIpc) is 3.16. The molecule has 0 bridgehead atoms. The quantitative estimate of drug-likeness (QED) is 0.0176. The number of amides is 8. The van der Waals surface area contributed by atoms with Gasteiger partial charge in [0.05, 0.1) is 12.6 Å².